The molecule has 0 bridgehead atoms. The highest BCUT2D eigenvalue weighted by molar-refractivity contribution is 7.09. The Morgan fingerprint density at radius 3 is 2.81 bits per heavy atom. The molecule has 1 aliphatic rings. The van der Waals surface area contributed by atoms with Gasteiger partial charge >= 0.3 is 0 Å². The lowest BCUT2D eigenvalue weighted by molar-refractivity contribution is 0.378. The molecule has 0 amide bonds. The molecule has 1 heterocycles. The summed E-state index contributed by atoms with van der Waals surface area (Å²) in [4.78, 5) is 4.78. The molecule has 0 fully saturated rings. The molecule has 0 spiro atoms. The monoisotopic (exact) mass is 302 g/mol. The van der Waals surface area contributed by atoms with E-state index in [2.05, 4.69) is 31.4 Å². The second kappa shape index (κ2) is 5.43. The number of ether oxygens (including phenoxy) is 1. The first-order valence-corrected chi connectivity index (χ1v) is 8.30. The minimum absolute atomic E-state index is 0.336. The summed E-state index contributed by atoms with van der Waals surface area (Å²) in [5.41, 5.74) is 10.2. The minimum Gasteiger partial charge on any atom is -0.497 e. The number of thiazole rings is 1. The Kier molecular flexibility index (Phi) is 3.76. The average molecular weight is 302 g/mol. The smallest absolute Gasteiger partial charge is 0.119 e. The van der Waals surface area contributed by atoms with Crippen LogP contribution in [-0.4, -0.2) is 12.1 Å². The largest absolute Gasteiger partial charge is 0.497 e. The van der Waals surface area contributed by atoms with Crippen molar-refractivity contribution in [2.24, 2.45) is 5.73 Å². The molecule has 21 heavy (non-hydrogen) atoms. The lowest BCUT2D eigenvalue weighted by Gasteiger charge is -2.33. The summed E-state index contributed by atoms with van der Waals surface area (Å²) in [6, 6.07) is 6.31. The van der Waals surface area contributed by atoms with E-state index in [9.17, 15) is 0 Å². The summed E-state index contributed by atoms with van der Waals surface area (Å²) in [5.74, 6) is 1.36. The van der Waals surface area contributed by atoms with Crippen LogP contribution in [-0.2, 0) is 18.4 Å². The van der Waals surface area contributed by atoms with Gasteiger partial charge in [0.1, 0.15) is 10.8 Å². The second-order valence-electron chi connectivity index (χ2n) is 6.20. The fourth-order valence-electron chi connectivity index (χ4n) is 2.89. The Hall–Kier alpha value is -1.39. The van der Waals surface area contributed by atoms with Crippen LogP contribution in [0.5, 0.6) is 5.75 Å². The van der Waals surface area contributed by atoms with Crippen molar-refractivity contribution >= 4 is 11.3 Å². The maximum absolute atomic E-state index is 6.71. The van der Waals surface area contributed by atoms with E-state index in [4.69, 9.17) is 15.5 Å². The van der Waals surface area contributed by atoms with Crippen molar-refractivity contribution in [3.05, 3.63) is 45.4 Å². The molecule has 112 valence electrons. The van der Waals surface area contributed by atoms with Gasteiger partial charge in [-0.3, -0.25) is 0 Å². The third kappa shape index (κ3) is 2.70. The highest BCUT2D eigenvalue weighted by atomic mass is 32.1. The molecule has 2 N–H and O–H groups in total. The van der Waals surface area contributed by atoms with Crippen LogP contribution < -0.4 is 10.5 Å². The van der Waals surface area contributed by atoms with E-state index < -0.39 is 0 Å². The standard InChI is InChI=1S/C17H22N2OS/c1-11(2)15-10-21-16(19-15)17(18)7-6-12-4-5-14(20-3)8-13(12)9-17/h4-5,8,10-11H,6-7,9,18H2,1-3H3. The molecular formula is C17H22N2OS. The number of hydrogen-bond acceptors (Lipinski definition) is 4. The number of fused-ring (bicyclic) bond motifs is 1. The van der Waals surface area contributed by atoms with Crippen LogP contribution in [0.4, 0.5) is 0 Å². The number of aromatic nitrogens is 1. The summed E-state index contributed by atoms with van der Waals surface area (Å²) >= 11 is 1.70. The molecule has 1 unspecified atom stereocenters. The maximum Gasteiger partial charge on any atom is 0.119 e. The van der Waals surface area contributed by atoms with Gasteiger partial charge in [0.15, 0.2) is 0 Å². The summed E-state index contributed by atoms with van der Waals surface area (Å²) in [5, 5.41) is 3.22. The first-order chi connectivity index (χ1) is 10.0. The van der Waals surface area contributed by atoms with Crippen LogP contribution >= 0.6 is 11.3 Å². The second-order valence-corrected chi connectivity index (χ2v) is 7.06. The fraction of sp³-hybridized carbons (Fsp3) is 0.471. The fourth-order valence-corrected chi connectivity index (χ4v) is 4.01. The van der Waals surface area contributed by atoms with Crippen molar-refractivity contribution in [2.45, 2.75) is 44.6 Å². The number of nitrogens with zero attached hydrogens (tertiary/aromatic N) is 1. The summed E-state index contributed by atoms with van der Waals surface area (Å²) in [6.45, 7) is 4.34. The van der Waals surface area contributed by atoms with Gasteiger partial charge in [-0.2, -0.15) is 0 Å². The average Bonchev–Trinajstić information content (AvgIpc) is 2.97. The predicted octanol–water partition coefficient (Wildman–Crippen LogP) is 3.62. The molecule has 3 nitrogen and oxygen atoms in total. The zero-order valence-electron chi connectivity index (χ0n) is 12.8. The molecule has 2 aromatic rings. The van der Waals surface area contributed by atoms with Gasteiger partial charge in [0.25, 0.3) is 0 Å². The highest BCUT2D eigenvalue weighted by Gasteiger charge is 2.35. The van der Waals surface area contributed by atoms with Crippen LogP contribution in [0.2, 0.25) is 0 Å². The normalized spacial score (nSPS) is 21.4. The van der Waals surface area contributed by atoms with Crippen LogP contribution in [0.3, 0.4) is 0 Å². The Morgan fingerprint density at radius 2 is 2.14 bits per heavy atom. The molecule has 0 saturated carbocycles. The predicted molar refractivity (Wildman–Crippen MR) is 87.1 cm³/mol. The molecule has 1 atom stereocenters. The van der Waals surface area contributed by atoms with E-state index in [-0.39, 0.29) is 5.54 Å². The quantitative estimate of drug-likeness (QED) is 0.942. The van der Waals surface area contributed by atoms with Gasteiger partial charge in [-0.05, 0) is 48.4 Å². The lowest BCUT2D eigenvalue weighted by Crippen LogP contribution is -2.42. The van der Waals surface area contributed by atoms with Crippen molar-refractivity contribution in [1.82, 2.24) is 4.98 Å². The molecule has 3 rings (SSSR count). The molecule has 4 heteroatoms. The van der Waals surface area contributed by atoms with E-state index in [1.54, 1.807) is 18.4 Å². The zero-order chi connectivity index (χ0) is 15.0. The van der Waals surface area contributed by atoms with E-state index in [0.29, 0.717) is 5.92 Å². The van der Waals surface area contributed by atoms with E-state index in [0.717, 1.165) is 35.7 Å². The van der Waals surface area contributed by atoms with Gasteiger partial charge in [-0.1, -0.05) is 19.9 Å². The Balaban J connectivity index is 1.92. The number of rotatable bonds is 3. The van der Waals surface area contributed by atoms with Crippen molar-refractivity contribution in [3.8, 4) is 5.75 Å². The number of hydrogen-bond donors (Lipinski definition) is 1. The van der Waals surface area contributed by atoms with Crippen LogP contribution in [0.15, 0.2) is 23.6 Å². The summed E-state index contributed by atoms with van der Waals surface area (Å²) < 4.78 is 5.34. The van der Waals surface area contributed by atoms with Gasteiger partial charge in [0, 0.05) is 5.38 Å². The summed E-state index contributed by atoms with van der Waals surface area (Å²) in [7, 11) is 1.70. The Morgan fingerprint density at radius 1 is 1.33 bits per heavy atom. The van der Waals surface area contributed by atoms with Crippen LogP contribution in [0.25, 0.3) is 0 Å². The highest BCUT2D eigenvalue weighted by Crippen LogP contribution is 2.37. The molecule has 1 aromatic carbocycles. The number of nitrogens with two attached hydrogens (primary N) is 1. The van der Waals surface area contributed by atoms with Gasteiger partial charge in [0.05, 0.1) is 18.3 Å². The molecular weight excluding hydrogens is 280 g/mol. The number of benzene rings is 1. The third-order valence-electron chi connectivity index (χ3n) is 4.30. The van der Waals surface area contributed by atoms with Gasteiger partial charge < -0.3 is 10.5 Å². The number of aryl methyl sites for hydroxylation is 1. The molecule has 0 saturated heterocycles. The molecule has 0 radical (unpaired) electrons. The third-order valence-corrected chi connectivity index (χ3v) is 5.38. The molecule has 0 aliphatic heterocycles. The van der Waals surface area contributed by atoms with Gasteiger partial charge in [-0.15, -0.1) is 11.3 Å². The van der Waals surface area contributed by atoms with Gasteiger partial charge in [-0.25, -0.2) is 4.98 Å². The summed E-state index contributed by atoms with van der Waals surface area (Å²) in [6.07, 6.45) is 2.80. The van der Waals surface area contributed by atoms with Crippen LogP contribution in [0.1, 0.15) is 48.0 Å². The zero-order valence-corrected chi connectivity index (χ0v) is 13.7. The SMILES string of the molecule is COc1ccc2c(c1)CC(N)(c1nc(C(C)C)cs1)CC2. The number of methoxy groups -OCH3 is 1. The Bertz CT molecular complexity index is 650. The molecule has 1 aliphatic carbocycles. The minimum atomic E-state index is -0.336. The molecule has 1 aromatic heterocycles. The van der Waals surface area contributed by atoms with E-state index >= 15 is 0 Å². The van der Waals surface area contributed by atoms with E-state index in [1.807, 2.05) is 6.07 Å². The van der Waals surface area contributed by atoms with Crippen molar-refractivity contribution in [3.63, 3.8) is 0 Å². The first kappa shape index (κ1) is 14.5. The maximum atomic E-state index is 6.71. The van der Waals surface area contributed by atoms with Crippen molar-refractivity contribution in [1.29, 1.82) is 0 Å². The topological polar surface area (TPSA) is 48.1 Å². The Labute approximate surface area is 130 Å². The van der Waals surface area contributed by atoms with Gasteiger partial charge in [0.2, 0.25) is 0 Å². The van der Waals surface area contributed by atoms with E-state index in [1.165, 1.54) is 11.1 Å². The lowest BCUT2D eigenvalue weighted by atomic mass is 9.79. The van der Waals surface area contributed by atoms with Crippen molar-refractivity contribution in [2.75, 3.05) is 7.11 Å². The first-order valence-electron chi connectivity index (χ1n) is 7.42. The van der Waals surface area contributed by atoms with Crippen LogP contribution in [0, 0.1) is 0 Å². The van der Waals surface area contributed by atoms with Crippen molar-refractivity contribution < 1.29 is 4.74 Å².